The zero-order valence-electron chi connectivity index (χ0n) is 28.2. The van der Waals surface area contributed by atoms with Crippen LogP contribution in [0, 0.1) is 0 Å². The van der Waals surface area contributed by atoms with E-state index in [1.165, 1.54) is 16.2 Å². The van der Waals surface area contributed by atoms with E-state index in [2.05, 4.69) is 58.0 Å². The largest absolute Gasteiger partial charge is 0.444 e. The third-order valence-electron chi connectivity index (χ3n) is 7.54. The predicted octanol–water partition coefficient (Wildman–Crippen LogP) is 5.19. The van der Waals surface area contributed by atoms with Crippen molar-refractivity contribution in [1.82, 2.24) is 36.1 Å². The molecule has 4 amide bonds. The maximum Gasteiger partial charge on any atom is 0.407 e. The monoisotopic (exact) mass is 702 g/mol. The minimum atomic E-state index is -0.825. The second-order valence-corrected chi connectivity index (χ2v) is 16.0. The Labute approximate surface area is 287 Å². The molecule has 4 N–H and O–H groups in total. The van der Waals surface area contributed by atoms with Gasteiger partial charge in [-0.05, 0) is 38.8 Å². The number of hydrogen-bond donors (Lipinski definition) is 4. The molecule has 1 aromatic carbocycles. The molecule has 2 aromatic heterocycles. The SMILES string of the molecule is C=[P+](C)CC(CCC(Cc1ccccc1)NC(=O)C(NC(=O)N(C)Cc1csc(C(C)C)n1)C(C)NC)NC(=O)OCc1cncs1. The lowest BCUT2D eigenvalue weighted by Gasteiger charge is -2.29. The number of likely N-dealkylation sites (N-methyl/N-ethyl adjacent to an activating group) is 1. The van der Waals surface area contributed by atoms with Gasteiger partial charge in [-0.3, -0.25) is 9.78 Å². The van der Waals surface area contributed by atoms with Gasteiger partial charge in [-0.15, -0.1) is 22.7 Å². The Morgan fingerprint density at radius 1 is 1.04 bits per heavy atom. The van der Waals surface area contributed by atoms with Crippen molar-refractivity contribution in [2.75, 3.05) is 26.9 Å². The Balaban J connectivity index is 1.68. The standard InChI is InChI=1S/C33H48N7O4PS2/c1-22(2)31-37-27(20-46-31)17-40(5)32(42)39-29(23(3)34-4)30(41)36-25(15-24-11-9-8-10-12-24)13-14-26(19-45(6)7)38-33(43)44-18-28-16-35-21-47-28/h8-12,16,20-23,25-26,29,34H,6,13-15,17-19H2,1-5,7H3,(H2-,36,38,39,41,42,43)/p+1. The number of carbonyl (C=O) groups excluding carboxylic acids is 3. The van der Waals surface area contributed by atoms with Crippen LogP contribution in [0.25, 0.3) is 0 Å². The molecule has 0 fully saturated rings. The first-order chi connectivity index (χ1) is 22.4. The van der Waals surface area contributed by atoms with Crippen molar-refractivity contribution in [2.24, 2.45) is 0 Å². The molecular formula is C33H49N7O4PS2+. The molecule has 3 aromatic rings. The second kappa shape index (κ2) is 19.4. The third kappa shape index (κ3) is 13.3. The quantitative estimate of drug-likeness (QED) is 0.134. The predicted molar refractivity (Wildman–Crippen MR) is 194 cm³/mol. The molecular weight excluding hydrogens is 654 g/mol. The van der Waals surface area contributed by atoms with Crippen molar-refractivity contribution in [1.29, 1.82) is 0 Å². The number of nitrogens with one attached hydrogen (secondary N) is 4. The zero-order chi connectivity index (χ0) is 34.3. The van der Waals surface area contributed by atoms with Crippen LogP contribution in [-0.4, -0.2) is 90.3 Å². The number of carbonyl (C=O) groups is 3. The van der Waals surface area contributed by atoms with Gasteiger partial charge in [0.25, 0.3) is 0 Å². The summed E-state index contributed by atoms with van der Waals surface area (Å²) >= 11 is 3.01. The fraction of sp³-hybridized carbons (Fsp3) is 0.515. The smallest absolute Gasteiger partial charge is 0.407 e. The van der Waals surface area contributed by atoms with E-state index in [-0.39, 0.29) is 36.7 Å². The van der Waals surface area contributed by atoms with Crippen LogP contribution >= 0.6 is 30.2 Å². The second-order valence-electron chi connectivity index (χ2n) is 12.1. The molecule has 0 aliphatic carbocycles. The Morgan fingerprint density at radius 3 is 2.38 bits per heavy atom. The molecule has 0 radical (unpaired) electrons. The Morgan fingerprint density at radius 2 is 1.77 bits per heavy atom. The average molecular weight is 703 g/mol. The number of nitrogens with zero attached hydrogens (tertiary/aromatic N) is 3. The molecule has 5 atom stereocenters. The minimum Gasteiger partial charge on any atom is -0.444 e. The Hall–Kier alpha value is -3.38. The van der Waals surface area contributed by atoms with Crippen LogP contribution in [0.4, 0.5) is 9.59 Å². The Kier molecular flexibility index (Phi) is 15.7. The van der Waals surface area contributed by atoms with Gasteiger partial charge in [0.15, 0.2) is 0 Å². The van der Waals surface area contributed by atoms with Gasteiger partial charge in [-0.1, -0.05) is 44.2 Å². The van der Waals surface area contributed by atoms with Gasteiger partial charge in [0.2, 0.25) is 5.91 Å². The van der Waals surface area contributed by atoms with Gasteiger partial charge in [-0.25, -0.2) is 14.6 Å². The number of urea groups is 1. The van der Waals surface area contributed by atoms with Crippen molar-refractivity contribution in [3.8, 4) is 0 Å². The number of ether oxygens (including phenoxy) is 1. The number of alkyl carbamates (subject to hydrolysis) is 1. The molecule has 0 aliphatic rings. The summed E-state index contributed by atoms with van der Waals surface area (Å²) in [7, 11) is 2.91. The third-order valence-corrected chi connectivity index (χ3v) is 10.6. The summed E-state index contributed by atoms with van der Waals surface area (Å²) in [5.74, 6) is 0.0343. The van der Waals surface area contributed by atoms with Gasteiger partial charge in [0.1, 0.15) is 18.8 Å². The molecule has 3 rings (SSSR count). The van der Waals surface area contributed by atoms with Crippen LogP contribution in [-0.2, 0) is 29.1 Å². The summed E-state index contributed by atoms with van der Waals surface area (Å²) < 4.78 is 5.42. The summed E-state index contributed by atoms with van der Waals surface area (Å²) in [5, 5.41) is 15.3. The fourth-order valence-electron chi connectivity index (χ4n) is 4.86. The first kappa shape index (κ1) is 38.1. The van der Waals surface area contributed by atoms with Crippen LogP contribution in [0.1, 0.15) is 60.7 Å². The van der Waals surface area contributed by atoms with Crippen LogP contribution < -0.4 is 21.3 Å². The minimum absolute atomic E-state index is 0.163. The number of hydrogen-bond acceptors (Lipinski definition) is 9. The number of benzene rings is 1. The topological polar surface area (TPSA) is 138 Å². The van der Waals surface area contributed by atoms with Crippen LogP contribution in [0.15, 0.2) is 47.4 Å². The lowest BCUT2D eigenvalue weighted by molar-refractivity contribution is -0.124. The molecule has 0 bridgehead atoms. The highest BCUT2D eigenvalue weighted by atomic mass is 32.1. The normalized spacial score (nSPS) is 14.1. The van der Waals surface area contributed by atoms with E-state index < -0.39 is 19.7 Å². The molecule has 256 valence electrons. The summed E-state index contributed by atoms with van der Waals surface area (Å²) in [4.78, 5) is 50.8. The van der Waals surface area contributed by atoms with Crippen LogP contribution in [0.5, 0.6) is 0 Å². The van der Waals surface area contributed by atoms with Crippen LogP contribution in [0.2, 0.25) is 0 Å². The number of amides is 4. The van der Waals surface area contributed by atoms with Gasteiger partial charge < -0.3 is 30.9 Å². The lowest BCUT2D eigenvalue weighted by atomic mass is 9.98. The molecule has 0 saturated heterocycles. The maximum atomic E-state index is 13.8. The highest BCUT2D eigenvalue weighted by molar-refractivity contribution is 7.55. The van der Waals surface area contributed by atoms with Crippen molar-refractivity contribution < 1.29 is 19.1 Å². The molecule has 11 nitrogen and oxygen atoms in total. The van der Waals surface area contributed by atoms with E-state index in [0.29, 0.717) is 31.7 Å². The molecule has 47 heavy (non-hydrogen) atoms. The summed E-state index contributed by atoms with van der Waals surface area (Å²) in [6, 6.07) is 8.01. The van der Waals surface area contributed by atoms with Crippen LogP contribution in [0.3, 0.4) is 0 Å². The molecule has 0 saturated carbocycles. The van der Waals surface area contributed by atoms with Gasteiger partial charge in [0.05, 0.1) is 54.2 Å². The summed E-state index contributed by atoms with van der Waals surface area (Å²) in [6.07, 6.45) is 7.90. The summed E-state index contributed by atoms with van der Waals surface area (Å²) in [5.41, 5.74) is 3.59. The van der Waals surface area contributed by atoms with Crippen molar-refractivity contribution >= 4 is 54.5 Å². The van der Waals surface area contributed by atoms with E-state index in [4.69, 9.17) is 4.74 Å². The highest BCUT2D eigenvalue weighted by Gasteiger charge is 2.30. The Bertz CT molecular complexity index is 1420. The van der Waals surface area contributed by atoms with Crippen molar-refractivity contribution in [3.63, 3.8) is 0 Å². The number of thiazole rings is 2. The van der Waals surface area contributed by atoms with Crippen molar-refractivity contribution in [3.05, 3.63) is 68.6 Å². The maximum absolute atomic E-state index is 13.8. The van der Waals surface area contributed by atoms with E-state index >= 15 is 0 Å². The van der Waals surface area contributed by atoms with Gasteiger partial charge in [-0.2, -0.15) is 0 Å². The van der Waals surface area contributed by atoms with Gasteiger partial charge >= 0.3 is 12.1 Å². The van der Waals surface area contributed by atoms with E-state index in [0.717, 1.165) is 27.3 Å². The molecule has 14 heteroatoms. The molecule has 0 spiro atoms. The highest BCUT2D eigenvalue weighted by Crippen LogP contribution is 2.21. The molecule has 0 aliphatic heterocycles. The lowest BCUT2D eigenvalue weighted by Crippen LogP contribution is -2.59. The number of rotatable bonds is 18. The zero-order valence-corrected chi connectivity index (χ0v) is 30.7. The van der Waals surface area contributed by atoms with E-state index in [9.17, 15) is 14.4 Å². The van der Waals surface area contributed by atoms with E-state index in [1.807, 2.05) is 42.6 Å². The van der Waals surface area contributed by atoms with E-state index in [1.54, 1.807) is 37.1 Å². The number of aromatic nitrogens is 2. The molecule has 5 unspecified atom stereocenters. The fourth-order valence-corrected chi connectivity index (χ4v) is 7.22. The first-order valence-corrected chi connectivity index (χ1v) is 19.7. The summed E-state index contributed by atoms with van der Waals surface area (Å²) in [6.45, 7) is 8.60. The molecule has 2 heterocycles. The first-order valence-electron chi connectivity index (χ1n) is 15.7. The average Bonchev–Trinajstić information content (AvgIpc) is 3.74. The van der Waals surface area contributed by atoms with Gasteiger partial charge in [0, 0.05) is 36.6 Å². The van der Waals surface area contributed by atoms with Crippen molar-refractivity contribution in [2.45, 2.75) is 83.3 Å².